The average Bonchev–Trinajstić information content (AvgIpc) is 3.07. The second kappa shape index (κ2) is 7.83. The molecule has 0 bridgehead atoms. The first-order chi connectivity index (χ1) is 10.7. The van der Waals surface area contributed by atoms with E-state index in [2.05, 4.69) is 11.9 Å². The number of carbonyl (C=O) groups is 2. The normalized spacial score (nSPS) is 10.0. The minimum absolute atomic E-state index is 0.0779. The van der Waals surface area contributed by atoms with Crippen LogP contribution in [0.4, 0.5) is 5.69 Å². The zero-order valence-electron chi connectivity index (χ0n) is 12.2. The number of rotatable bonds is 7. The Hall–Kier alpha value is -2.82. The van der Waals surface area contributed by atoms with E-state index < -0.39 is 0 Å². The van der Waals surface area contributed by atoms with E-state index in [-0.39, 0.29) is 30.5 Å². The van der Waals surface area contributed by atoms with Gasteiger partial charge in [0.25, 0.3) is 5.91 Å². The van der Waals surface area contributed by atoms with Crippen LogP contribution in [0, 0.1) is 0 Å². The van der Waals surface area contributed by atoms with Gasteiger partial charge < -0.3 is 14.6 Å². The molecule has 1 aromatic heterocycles. The highest BCUT2D eigenvalue weighted by molar-refractivity contribution is 5.95. The Labute approximate surface area is 129 Å². The third kappa shape index (κ3) is 4.09. The van der Waals surface area contributed by atoms with Crippen LogP contribution in [-0.2, 0) is 4.79 Å². The quantitative estimate of drug-likeness (QED) is 0.799. The molecule has 0 saturated carbocycles. The van der Waals surface area contributed by atoms with Crippen molar-refractivity contribution in [2.24, 2.45) is 0 Å². The number of amides is 2. The number of benzene rings is 1. The summed E-state index contributed by atoms with van der Waals surface area (Å²) in [6.45, 7) is 4.35. The number of nitrogens with one attached hydrogen (secondary N) is 1. The van der Waals surface area contributed by atoms with Crippen LogP contribution < -0.4 is 10.2 Å². The highest BCUT2D eigenvalue weighted by Gasteiger charge is 2.15. The summed E-state index contributed by atoms with van der Waals surface area (Å²) >= 11 is 0. The van der Waals surface area contributed by atoms with Gasteiger partial charge in [-0.05, 0) is 24.3 Å². The molecule has 0 aliphatic carbocycles. The molecule has 1 N–H and O–H groups in total. The van der Waals surface area contributed by atoms with Crippen LogP contribution in [-0.4, -0.2) is 24.9 Å². The van der Waals surface area contributed by atoms with Gasteiger partial charge in [-0.2, -0.15) is 0 Å². The first kappa shape index (κ1) is 15.6. The van der Waals surface area contributed by atoms with E-state index in [0.29, 0.717) is 6.54 Å². The molecule has 0 saturated heterocycles. The molecule has 0 aliphatic heterocycles. The molecule has 0 fully saturated rings. The lowest BCUT2D eigenvalue weighted by molar-refractivity contribution is -0.118. The van der Waals surface area contributed by atoms with E-state index in [9.17, 15) is 9.59 Å². The van der Waals surface area contributed by atoms with E-state index in [1.807, 2.05) is 30.3 Å². The van der Waals surface area contributed by atoms with Gasteiger partial charge in [-0.1, -0.05) is 24.3 Å². The number of carbonyl (C=O) groups excluding carboxylic acids is 2. The van der Waals surface area contributed by atoms with Gasteiger partial charge in [0.05, 0.1) is 6.26 Å². The van der Waals surface area contributed by atoms with Crippen molar-refractivity contribution in [1.29, 1.82) is 0 Å². The van der Waals surface area contributed by atoms with Gasteiger partial charge in [-0.25, -0.2) is 0 Å². The fraction of sp³-hybridized carbons (Fsp3) is 0.176. The molecule has 0 atom stereocenters. The van der Waals surface area contributed by atoms with Gasteiger partial charge in [-0.3, -0.25) is 9.59 Å². The Morgan fingerprint density at radius 2 is 1.95 bits per heavy atom. The predicted molar refractivity (Wildman–Crippen MR) is 84.7 cm³/mol. The van der Waals surface area contributed by atoms with E-state index in [0.717, 1.165) is 5.69 Å². The van der Waals surface area contributed by atoms with Crippen molar-refractivity contribution in [3.8, 4) is 0 Å². The lowest BCUT2D eigenvalue weighted by Crippen LogP contribution is -2.34. The van der Waals surface area contributed by atoms with E-state index >= 15 is 0 Å². The fourth-order valence-corrected chi connectivity index (χ4v) is 2.00. The average molecular weight is 298 g/mol. The lowest BCUT2D eigenvalue weighted by atomic mass is 10.2. The maximum absolute atomic E-state index is 12.3. The van der Waals surface area contributed by atoms with Crippen molar-refractivity contribution >= 4 is 17.5 Å². The number of hydrogen-bond acceptors (Lipinski definition) is 3. The molecule has 2 aromatic rings. The van der Waals surface area contributed by atoms with Gasteiger partial charge in [0.1, 0.15) is 0 Å². The maximum atomic E-state index is 12.3. The zero-order valence-corrected chi connectivity index (χ0v) is 12.2. The summed E-state index contributed by atoms with van der Waals surface area (Å²) in [6.07, 6.45) is 3.31. The van der Waals surface area contributed by atoms with Gasteiger partial charge in [-0.15, -0.1) is 6.58 Å². The van der Waals surface area contributed by atoms with Crippen LogP contribution in [0.25, 0.3) is 0 Å². The second-order valence-electron chi connectivity index (χ2n) is 4.61. The molecule has 22 heavy (non-hydrogen) atoms. The molecule has 0 spiro atoms. The van der Waals surface area contributed by atoms with Crippen molar-refractivity contribution in [3.05, 3.63) is 67.1 Å². The molecule has 5 nitrogen and oxygen atoms in total. The Morgan fingerprint density at radius 1 is 1.18 bits per heavy atom. The minimum atomic E-state index is -0.326. The Morgan fingerprint density at radius 3 is 2.59 bits per heavy atom. The summed E-state index contributed by atoms with van der Waals surface area (Å²) in [5, 5.41) is 2.66. The molecule has 2 rings (SSSR count). The van der Waals surface area contributed by atoms with E-state index in [1.165, 1.54) is 6.26 Å². The zero-order chi connectivity index (χ0) is 15.8. The Bertz CT molecular complexity index is 621. The summed E-state index contributed by atoms with van der Waals surface area (Å²) in [5.74, 6) is -0.169. The van der Waals surface area contributed by atoms with Crippen molar-refractivity contribution in [1.82, 2.24) is 5.32 Å². The molecule has 0 unspecified atom stereocenters. The predicted octanol–water partition coefficient (Wildman–Crippen LogP) is 2.62. The molecule has 1 heterocycles. The summed E-state index contributed by atoms with van der Waals surface area (Å²) in [6, 6.07) is 12.6. The summed E-state index contributed by atoms with van der Waals surface area (Å²) in [7, 11) is 0. The monoisotopic (exact) mass is 298 g/mol. The highest BCUT2D eigenvalue weighted by Crippen LogP contribution is 2.14. The number of furan rings is 1. The van der Waals surface area contributed by atoms with Crippen LogP contribution in [0.15, 0.2) is 65.8 Å². The third-order valence-corrected chi connectivity index (χ3v) is 3.05. The first-order valence-electron chi connectivity index (χ1n) is 7.00. The van der Waals surface area contributed by atoms with Crippen LogP contribution >= 0.6 is 0 Å². The molecule has 1 aromatic carbocycles. The van der Waals surface area contributed by atoms with Crippen molar-refractivity contribution < 1.29 is 14.0 Å². The number of para-hydroxylation sites is 1. The van der Waals surface area contributed by atoms with Crippen LogP contribution in [0.3, 0.4) is 0 Å². The van der Waals surface area contributed by atoms with Crippen LogP contribution in [0.1, 0.15) is 17.0 Å². The van der Waals surface area contributed by atoms with Crippen molar-refractivity contribution in [3.63, 3.8) is 0 Å². The number of anilines is 1. The smallest absolute Gasteiger partial charge is 0.286 e. The lowest BCUT2D eigenvalue weighted by Gasteiger charge is -2.21. The van der Waals surface area contributed by atoms with Gasteiger partial charge in [0.2, 0.25) is 5.91 Å². The number of nitrogens with zero attached hydrogens (tertiary/aromatic N) is 1. The van der Waals surface area contributed by atoms with Gasteiger partial charge in [0.15, 0.2) is 5.76 Å². The molecule has 0 radical (unpaired) electrons. The Balaban J connectivity index is 1.89. The summed E-state index contributed by atoms with van der Waals surface area (Å²) < 4.78 is 4.99. The highest BCUT2D eigenvalue weighted by atomic mass is 16.3. The van der Waals surface area contributed by atoms with Crippen LogP contribution in [0.2, 0.25) is 0 Å². The van der Waals surface area contributed by atoms with E-state index in [4.69, 9.17) is 4.42 Å². The standard InChI is InChI=1S/C17H18N2O3/c1-2-12-19(14-7-4-3-5-8-14)16(20)10-11-18-17(21)15-9-6-13-22-15/h2-9,13H,1,10-12H2,(H,18,21). The first-order valence-corrected chi connectivity index (χ1v) is 7.00. The third-order valence-electron chi connectivity index (χ3n) is 3.05. The van der Waals surface area contributed by atoms with E-state index in [1.54, 1.807) is 23.1 Å². The van der Waals surface area contributed by atoms with Gasteiger partial charge >= 0.3 is 0 Å². The number of hydrogen-bond donors (Lipinski definition) is 1. The molecule has 114 valence electrons. The maximum Gasteiger partial charge on any atom is 0.286 e. The molecular weight excluding hydrogens is 280 g/mol. The largest absolute Gasteiger partial charge is 0.459 e. The molecular formula is C17H18N2O3. The molecule has 0 aliphatic rings. The van der Waals surface area contributed by atoms with Crippen LogP contribution in [0.5, 0.6) is 0 Å². The summed E-state index contributed by atoms with van der Waals surface area (Å²) in [5.41, 5.74) is 0.810. The Kier molecular flexibility index (Phi) is 5.54. The SMILES string of the molecule is C=CCN(C(=O)CCNC(=O)c1ccco1)c1ccccc1. The second-order valence-corrected chi connectivity index (χ2v) is 4.61. The molecule has 5 heteroatoms. The van der Waals surface area contributed by atoms with Crippen molar-refractivity contribution in [2.75, 3.05) is 18.0 Å². The van der Waals surface area contributed by atoms with Gasteiger partial charge in [0, 0.05) is 25.2 Å². The fourth-order valence-electron chi connectivity index (χ4n) is 2.00. The topological polar surface area (TPSA) is 62.6 Å². The molecule has 2 amide bonds. The minimum Gasteiger partial charge on any atom is -0.459 e. The van der Waals surface area contributed by atoms with Crippen molar-refractivity contribution in [2.45, 2.75) is 6.42 Å². The summed E-state index contributed by atoms with van der Waals surface area (Å²) in [4.78, 5) is 25.6.